The first-order chi connectivity index (χ1) is 18.1. The molecular formula is C29H33NO6S2. The number of ketones is 1. The molecule has 38 heavy (non-hydrogen) atoms. The molecule has 0 aliphatic carbocycles. The average Bonchev–Trinajstić information content (AvgIpc) is 3.35. The second-order valence-electron chi connectivity index (χ2n) is 9.63. The normalized spacial score (nSPS) is 18.5. The molecule has 0 N–H and O–H groups in total. The van der Waals surface area contributed by atoms with E-state index < -0.39 is 15.9 Å². The van der Waals surface area contributed by atoms with E-state index in [1.54, 1.807) is 30.3 Å². The van der Waals surface area contributed by atoms with Crippen LogP contribution in [0.2, 0.25) is 0 Å². The summed E-state index contributed by atoms with van der Waals surface area (Å²) < 4.78 is 40.0. The number of sulfonamides is 1. The first-order valence-corrected chi connectivity index (χ1v) is 14.9. The molecule has 0 saturated heterocycles. The fourth-order valence-electron chi connectivity index (χ4n) is 4.78. The van der Waals surface area contributed by atoms with Gasteiger partial charge in [0, 0.05) is 17.3 Å². The van der Waals surface area contributed by atoms with Gasteiger partial charge in [-0.15, -0.1) is 11.3 Å². The number of fused-ring (bicyclic) bond motifs is 1. The molecule has 9 heteroatoms. The Morgan fingerprint density at radius 1 is 1.16 bits per heavy atom. The zero-order valence-corrected chi connectivity index (χ0v) is 23.9. The van der Waals surface area contributed by atoms with Crippen molar-refractivity contribution in [1.29, 1.82) is 0 Å². The number of benzene rings is 2. The lowest BCUT2D eigenvalue weighted by Gasteiger charge is -2.25. The molecule has 0 unspecified atom stereocenters. The van der Waals surface area contributed by atoms with Crippen LogP contribution in [0.3, 0.4) is 0 Å². The van der Waals surface area contributed by atoms with Gasteiger partial charge in [-0.3, -0.25) is 9.59 Å². The molecule has 4 rings (SSSR count). The van der Waals surface area contributed by atoms with Gasteiger partial charge >= 0.3 is 5.97 Å². The van der Waals surface area contributed by atoms with Crippen LogP contribution in [0.25, 0.3) is 0 Å². The minimum atomic E-state index is -3.80. The number of para-hydroxylation sites is 1. The van der Waals surface area contributed by atoms with E-state index in [2.05, 4.69) is 0 Å². The van der Waals surface area contributed by atoms with Gasteiger partial charge in [-0.05, 0) is 61.2 Å². The Hall–Kier alpha value is -3.01. The van der Waals surface area contributed by atoms with Crippen LogP contribution in [0, 0.1) is 12.8 Å². The van der Waals surface area contributed by atoms with Gasteiger partial charge in [0.25, 0.3) is 0 Å². The second-order valence-corrected chi connectivity index (χ2v) is 12.6. The molecular weight excluding hydrogens is 522 g/mol. The lowest BCUT2D eigenvalue weighted by atomic mass is 9.84. The standard InChI is InChI=1S/C29H33NO6S2/c1-6-23-17-30(38(33,34)27-10-8-7-9-24(27)36-23)16-22-15-21(12-11-18(22)2)28(19(3)29(32)35-5)26-14-13-25(37-26)20(4)31/h7-15,19,23,28H,6,16-17H2,1-5H3/t19-,23+,28+/m0/s1. The maximum absolute atomic E-state index is 13.7. The lowest BCUT2D eigenvalue weighted by Crippen LogP contribution is -2.36. The third kappa shape index (κ3) is 5.55. The third-order valence-electron chi connectivity index (χ3n) is 7.06. The molecule has 0 spiro atoms. The van der Waals surface area contributed by atoms with Crippen LogP contribution < -0.4 is 4.74 Å². The molecule has 0 radical (unpaired) electrons. The molecule has 2 heterocycles. The van der Waals surface area contributed by atoms with Crippen molar-refractivity contribution in [1.82, 2.24) is 4.31 Å². The Kier molecular flexibility index (Phi) is 8.40. The number of carbonyl (C=O) groups excluding carboxylic acids is 2. The van der Waals surface area contributed by atoms with Crippen LogP contribution in [0.5, 0.6) is 5.75 Å². The molecule has 0 saturated carbocycles. The number of ether oxygens (including phenoxy) is 2. The van der Waals surface area contributed by atoms with Crippen molar-refractivity contribution >= 4 is 33.1 Å². The number of hydrogen-bond donors (Lipinski definition) is 0. The number of nitrogens with zero attached hydrogens (tertiary/aromatic N) is 1. The van der Waals surface area contributed by atoms with Crippen molar-refractivity contribution in [3.05, 3.63) is 81.0 Å². The summed E-state index contributed by atoms with van der Waals surface area (Å²) in [7, 11) is -2.44. The molecule has 1 aromatic heterocycles. The maximum Gasteiger partial charge on any atom is 0.309 e. The predicted octanol–water partition coefficient (Wildman–Crippen LogP) is 5.56. The molecule has 0 fully saturated rings. The van der Waals surface area contributed by atoms with E-state index in [0.717, 1.165) is 21.6 Å². The first-order valence-electron chi connectivity index (χ1n) is 12.6. The Balaban J connectivity index is 1.76. The quantitative estimate of drug-likeness (QED) is 0.267. The number of thiophene rings is 1. The SMILES string of the molecule is CC[C@@H]1CN(Cc2cc([C@H](c3ccc(C(C)=O)s3)[C@H](C)C(=O)OC)ccc2C)S(=O)(=O)c2ccccc2O1. The smallest absolute Gasteiger partial charge is 0.309 e. The Labute approximate surface area is 228 Å². The van der Waals surface area contributed by atoms with Gasteiger partial charge in [0.15, 0.2) is 5.78 Å². The van der Waals surface area contributed by atoms with Gasteiger partial charge < -0.3 is 9.47 Å². The van der Waals surface area contributed by atoms with Gasteiger partial charge in [-0.2, -0.15) is 4.31 Å². The summed E-state index contributed by atoms with van der Waals surface area (Å²) >= 11 is 1.36. The summed E-state index contributed by atoms with van der Waals surface area (Å²) in [5.41, 5.74) is 2.64. The molecule has 7 nitrogen and oxygen atoms in total. The fourth-order valence-corrected chi connectivity index (χ4v) is 7.49. The molecule has 1 aliphatic rings. The van der Waals surface area contributed by atoms with E-state index in [9.17, 15) is 18.0 Å². The number of aryl methyl sites for hydroxylation is 1. The lowest BCUT2D eigenvalue weighted by molar-refractivity contribution is -0.145. The van der Waals surface area contributed by atoms with E-state index >= 15 is 0 Å². The maximum atomic E-state index is 13.7. The number of Topliss-reactive ketones (excluding diaryl/α,β-unsaturated/α-hetero) is 1. The summed E-state index contributed by atoms with van der Waals surface area (Å²) in [5.74, 6) is -0.883. The largest absolute Gasteiger partial charge is 0.488 e. The Bertz CT molecular complexity index is 1440. The zero-order chi connectivity index (χ0) is 27.6. The van der Waals surface area contributed by atoms with Gasteiger partial charge in [-0.25, -0.2) is 8.42 Å². The number of carbonyl (C=O) groups is 2. The number of hydrogen-bond acceptors (Lipinski definition) is 7. The van der Waals surface area contributed by atoms with Crippen molar-refractivity contribution in [3.8, 4) is 5.75 Å². The van der Waals surface area contributed by atoms with Crippen LogP contribution in [0.1, 0.15) is 64.3 Å². The summed E-state index contributed by atoms with van der Waals surface area (Å²) in [4.78, 5) is 26.3. The van der Waals surface area contributed by atoms with E-state index in [0.29, 0.717) is 17.0 Å². The van der Waals surface area contributed by atoms with Crippen LogP contribution in [-0.4, -0.2) is 44.2 Å². The minimum Gasteiger partial charge on any atom is -0.488 e. The van der Waals surface area contributed by atoms with Gasteiger partial charge in [0.05, 0.1) is 24.4 Å². The predicted molar refractivity (Wildman–Crippen MR) is 147 cm³/mol. The summed E-state index contributed by atoms with van der Waals surface area (Å²) in [5, 5.41) is 0. The van der Waals surface area contributed by atoms with Crippen molar-refractivity contribution in [2.24, 2.45) is 5.92 Å². The van der Waals surface area contributed by atoms with Crippen molar-refractivity contribution in [3.63, 3.8) is 0 Å². The Morgan fingerprint density at radius 2 is 1.89 bits per heavy atom. The first kappa shape index (κ1) is 28.0. The van der Waals surface area contributed by atoms with E-state index in [-0.39, 0.29) is 41.8 Å². The zero-order valence-electron chi connectivity index (χ0n) is 22.3. The van der Waals surface area contributed by atoms with Crippen molar-refractivity contribution < 1.29 is 27.5 Å². The van der Waals surface area contributed by atoms with Crippen LogP contribution in [-0.2, 0) is 26.1 Å². The molecule has 3 atom stereocenters. The molecule has 202 valence electrons. The monoisotopic (exact) mass is 555 g/mol. The van der Waals surface area contributed by atoms with Gasteiger partial charge in [0.2, 0.25) is 10.0 Å². The average molecular weight is 556 g/mol. The van der Waals surface area contributed by atoms with Gasteiger partial charge in [0.1, 0.15) is 16.7 Å². The fraction of sp³-hybridized carbons (Fsp3) is 0.379. The highest BCUT2D eigenvalue weighted by Crippen LogP contribution is 2.39. The highest BCUT2D eigenvalue weighted by Gasteiger charge is 2.35. The van der Waals surface area contributed by atoms with Crippen LogP contribution in [0.4, 0.5) is 0 Å². The minimum absolute atomic E-state index is 0.0327. The Morgan fingerprint density at radius 3 is 2.55 bits per heavy atom. The van der Waals surface area contributed by atoms with Crippen molar-refractivity contribution in [2.45, 2.75) is 57.6 Å². The number of rotatable bonds is 8. The second kappa shape index (κ2) is 11.4. The summed E-state index contributed by atoms with van der Waals surface area (Å²) in [6.45, 7) is 7.64. The van der Waals surface area contributed by atoms with Crippen LogP contribution >= 0.6 is 11.3 Å². The van der Waals surface area contributed by atoms with E-state index in [1.165, 1.54) is 29.7 Å². The molecule has 3 aromatic rings. The van der Waals surface area contributed by atoms with Crippen LogP contribution in [0.15, 0.2) is 59.5 Å². The molecule has 1 aliphatic heterocycles. The number of esters is 1. The highest BCUT2D eigenvalue weighted by molar-refractivity contribution is 7.89. The molecule has 2 aromatic carbocycles. The van der Waals surface area contributed by atoms with Crippen molar-refractivity contribution in [2.75, 3.05) is 13.7 Å². The highest BCUT2D eigenvalue weighted by atomic mass is 32.2. The number of methoxy groups -OCH3 is 1. The van der Waals surface area contributed by atoms with E-state index in [1.807, 2.05) is 45.0 Å². The van der Waals surface area contributed by atoms with Gasteiger partial charge in [-0.1, -0.05) is 44.2 Å². The third-order valence-corrected chi connectivity index (χ3v) is 10.2. The molecule has 0 bridgehead atoms. The molecule has 0 amide bonds. The summed E-state index contributed by atoms with van der Waals surface area (Å²) in [6, 6.07) is 16.3. The topological polar surface area (TPSA) is 90.0 Å². The van der Waals surface area contributed by atoms with E-state index in [4.69, 9.17) is 9.47 Å². The summed E-state index contributed by atoms with van der Waals surface area (Å²) in [6.07, 6.45) is 0.384.